The van der Waals surface area contributed by atoms with Crippen molar-refractivity contribution in [1.82, 2.24) is 10.6 Å². The highest BCUT2D eigenvalue weighted by atomic mass is 35.5. The SMILES string of the molecule is Cl.O=C(NC1CCCN(c2ccc(OC(F)F)cc2)C1=O)C1CC(O)CN1. The molecule has 2 fully saturated rings. The number of benzene rings is 1. The van der Waals surface area contributed by atoms with E-state index in [-0.39, 0.29) is 30.0 Å². The number of aliphatic hydroxyl groups is 1. The molecule has 2 aliphatic heterocycles. The van der Waals surface area contributed by atoms with Crippen LogP contribution in [0.25, 0.3) is 0 Å². The van der Waals surface area contributed by atoms with Crippen molar-refractivity contribution in [2.24, 2.45) is 0 Å². The van der Waals surface area contributed by atoms with Crippen LogP contribution in [0.1, 0.15) is 19.3 Å². The van der Waals surface area contributed by atoms with Crippen LogP contribution in [0.5, 0.6) is 5.75 Å². The number of nitrogens with zero attached hydrogens (tertiary/aromatic N) is 1. The third-order valence-corrected chi connectivity index (χ3v) is 4.55. The maximum absolute atomic E-state index is 12.7. The van der Waals surface area contributed by atoms with Gasteiger partial charge in [0.2, 0.25) is 11.8 Å². The number of rotatable bonds is 5. The Morgan fingerprint density at radius 3 is 2.63 bits per heavy atom. The van der Waals surface area contributed by atoms with E-state index in [2.05, 4.69) is 15.4 Å². The fourth-order valence-corrected chi connectivity index (χ4v) is 3.26. The lowest BCUT2D eigenvalue weighted by Gasteiger charge is -2.33. The predicted molar refractivity (Wildman–Crippen MR) is 96.3 cm³/mol. The van der Waals surface area contributed by atoms with Gasteiger partial charge in [0.1, 0.15) is 11.8 Å². The van der Waals surface area contributed by atoms with Crippen molar-refractivity contribution >= 4 is 29.9 Å². The van der Waals surface area contributed by atoms with Crippen molar-refractivity contribution in [3.8, 4) is 5.75 Å². The molecule has 0 bridgehead atoms. The summed E-state index contributed by atoms with van der Waals surface area (Å²) in [6, 6.07) is 4.68. The fourth-order valence-electron chi connectivity index (χ4n) is 3.26. The summed E-state index contributed by atoms with van der Waals surface area (Å²) in [5.74, 6) is -0.531. The summed E-state index contributed by atoms with van der Waals surface area (Å²) >= 11 is 0. The minimum atomic E-state index is -2.90. The van der Waals surface area contributed by atoms with Gasteiger partial charge in [0.25, 0.3) is 0 Å². The number of carbonyl (C=O) groups is 2. The van der Waals surface area contributed by atoms with Gasteiger partial charge in [-0.15, -0.1) is 12.4 Å². The third-order valence-electron chi connectivity index (χ3n) is 4.55. The highest BCUT2D eigenvalue weighted by molar-refractivity contribution is 6.00. The lowest BCUT2D eigenvalue weighted by atomic mass is 10.0. The Morgan fingerprint density at radius 1 is 1.33 bits per heavy atom. The first-order valence-corrected chi connectivity index (χ1v) is 8.52. The zero-order chi connectivity index (χ0) is 18.7. The maximum Gasteiger partial charge on any atom is 0.387 e. The zero-order valence-corrected chi connectivity index (χ0v) is 15.3. The van der Waals surface area contributed by atoms with Crippen molar-refractivity contribution in [3.05, 3.63) is 24.3 Å². The maximum atomic E-state index is 12.7. The van der Waals surface area contributed by atoms with Crippen molar-refractivity contribution in [2.75, 3.05) is 18.0 Å². The number of halogens is 3. The Balaban J connectivity index is 0.00000261. The van der Waals surface area contributed by atoms with Crippen LogP contribution in [0.4, 0.5) is 14.5 Å². The topological polar surface area (TPSA) is 90.9 Å². The van der Waals surface area contributed by atoms with Crippen molar-refractivity contribution in [2.45, 2.75) is 44.1 Å². The quantitative estimate of drug-likeness (QED) is 0.681. The number of amides is 2. The minimum Gasteiger partial charge on any atom is -0.435 e. The van der Waals surface area contributed by atoms with Gasteiger partial charge in [-0.2, -0.15) is 8.78 Å². The van der Waals surface area contributed by atoms with Crippen LogP contribution in [0.15, 0.2) is 24.3 Å². The number of carbonyl (C=O) groups excluding carboxylic acids is 2. The number of alkyl halides is 2. The first kappa shape index (κ1) is 21.3. The molecule has 1 aromatic carbocycles. The van der Waals surface area contributed by atoms with Crippen molar-refractivity contribution in [3.63, 3.8) is 0 Å². The van der Waals surface area contributed by atoms with Crippen LogP contribution >= 0.6 is 12.4 Å². The number of ether oxygens (including phenoxy) is 1. The average molecular weight is 406 g/mol. The molecule has 0 spiro atoms. The Hall–Kier alpha value is -1.97. The molecule has 150 valence electrons. The summed E-state index contributed by atoms with van der Waals surface area (Å²) in [7, 11) is 0. The normalized spacial score (nSPS) is 25.3. The summed E-state index contributed by atoms with van der Waals surface area (Å²) in [6.07, 6.45) is 0.996. The molecule has 3 unspecified atom stereocenters. The van der Waals surface area contributed by atoms with Gasteiger partial charge in [0.15, 0.2) is 0 Å². The van der Waals surface area contributed by atoms with E-state index >= 15 is 0 Å². The molecular formula is C17H22ClF2N3O4. The van der Waals surface area contributed by atoms with E-state index in [1.165, 1.54) is 29.2 Å². The molecule has 2 heterocycles. The second-order valence-electron chi connectivity index (χ2n) is 6.42. The first-order valence-electron chi connectivity index (χ1n) is 8.52. The Bertz CT molecular complexity index is 662. The van der Waals surface area contributed by atoms with Crippen LogP contribution in [0.3, 0.4) is 0 Å². The molecule has 3 N–H and O–H groups in total. The second-order valence-corrected chi connectivity index (χ2v) is 6.42. The lowest BCUT2D eigenvalue weighted by Crippen LogP contribution is -2.55. The average Bonchev–Trinajstić information content (AvgIpc) is 3.04. The molecule has 0 aliphatic carbocycles. The second kappa shape index (κ2) is 9.29. The van der Waals surface area contributed by atoms with Gasteiger partial charge < -0.3 is 25.4 Å². The summed E-state index contributed by atoms with van der Waals surface area (Å²) in [5, 5.41) is 15.2. The summed E-state index contributed by atoms with van der Waals surface area (Å²) < 4.78 is 28.7. The molecule has 2 saturated heterocycles. The summed E-state index contributed by atoms with van der Waals surface area (Å²) in [6.45, 7) is -2.06. The van der Waals surface area contributed by atoms with E-state index in [1.807, 2.05) is 0 Å². The van der Waals surface area contributed by atoms with Gasteiger partial charge in [-0.25, -0.2) is 0 Å². The molecule has 27 heavy (non-hydrogen) atoms. The van der Waals surface area contributed by atoms with Crippen LogP contribution in [-0.4, -0.2) is 54.8 Å². The highest BCUT2D eigenvalue weighted by Crippen LogP contribution is 2.24. The molecule has 0 saturated carbocycles. The Kier molecular flexibility index (Phi) is 7.34. The first-order chi connectivity index (χ1) is 12.4. The summed E-state index contributed by atoms with van der Waals surface area (Å²) in [5.41, 5.74) is 0.560. The molecule has 3 atom stereocenters. The molecule has 0 aromatic heterocycles. The molecule has 2 aliphatic rings. The fraction of sp³-hybridized carbons (Fsp3) is 0.529. The Labute approximate surface area is 161 Å². The van der Waals surface area contributed by atoms with Crippen molar-refractivity contribution in [1.29, 1.82) is 0 Å². The van der Waals surface area contributed by atoms with Gasteiger partial charge in [-0.05, 0) is 43.5 Å². The number of aliphatic hydroxyl groups excluding tert-OH is 1. The van der Waals surface area contributed by atoms with Crippen LogP contribution in [-0.2, 0) is 9.59 Å². The van der Waals surface area contributed by atoms with Gasteiger partial charge in [0.05, 0.1) is 12.1 Å². The third kappa shape index (κ3) is 5.27. The zero-order valence-electron chi connectivity index (χ0n) is 14.4. The predicted octanol–water partition coefficient (Wildman–Crippen LogP) is 1.04. The van der Waals surface area contributed by atoms with Crippen LogP contribution in [0.2, 0.25) is 0 Å². The van der Waals surface area contributed by atoms with Gasteiger partial charge in [-0.1, -0.05) is 0 Å². The standard InChI is InChI=1S/C17H21F2N3O4.ClH/c18-17(19)26-12-5-3-10(4-6-12)22-7-1-2-13(16(22)25)21-15(24)14-8-11(23)9-20-14;/h3-6,11,13-14,17,20,23H,1-2,7-9H2,(H,21,24);1H. The van der Waals surface area contributed by atoms with E-state index in [0.29, 0.717) is 38.0 Å². The molecule has 2 amide bonds. The molecular weight excluding hydrogens is 384 g/mol. The molecule has 7 nitrogen and oxygen atoms in total. The van der Waals surface area contributed by atoms with Crippen LogP contribution < -0.4 is 20.3 Å². The highest BCUT2D eigenvalue weighted by Gasteiger charge is 2.34. The number of hydrogen-bond donors (Lipinski definition) is 3. The molecule has 0 radical (unpaired) electrons. The number of piperidine rings is 1. The number of β-amino-alcohol motifs (C(OH)–C–C–N with tert-alkyl or cyclic N) is 1. The number of nitrogens with one attached hydrogen (secondary N) is 2. The number of anilines is 1. The van der Waals surface area contributed by atoms with Gasteiger partial charge in [0, 0.05) is 18.8 Å². The number of hydrogen-bond acceptors (Lipinski definition) is 5. The summed E-state index contributed by atoms with van der Waals surface area (Å²) in [4.78, 5) is 26.5. The van der Waals surface area contributed by atoms with E-state index in [0.717, 1.165) is 0 Å². The van der Waals surface area contributed by atoms with Gasteiger partial charge >= 0.3 is 6.61 Å². The van der Waals surface area contributed by atoms with Gasteiger partial charge in [-0.3, -0.25) is 9.59 Å². The monoisotopic (exact) mass is 405 g/mol. The largest absolute Gasteiger partial charge is 0.435 e. The lowest BCUT2D eigenvalue weighted by molar-refractivity contribution is -0.129. The van der Waals surface area contributed by atoms with E-state index < -0.39 is 24.8 Å². The minimum absolute atomic E-state index is 0. The molecule has 3 rings (SSSR count). The van der Waals surface area contributed by atoms with E-state index in [1.54, 1.807) is 0 Å². The van der Waals surface area contributed by atoms with E-state index in [9.17, 15) is 23.5 Å². The Morgan fingerprint density at radius 2 is 2.04 bits per heavy atom. The van der Waals surface area contributed by atoms with E-state index in [4.69, 9.17) is 0 Å². The molecule has 1 aromatic rings. The van der Waals surface area contributed by atoms with Crippen LogP contribution in [0, 0.1) is 0 Å². The smallest absolute Gasteiger partial charge is 0.387 e. The van der Waals surface area contributed by atoms with Crippen molar-refractivity contribution < 1.29 is 28.2 Å². The molecule has 10 heteroatoms.